The van der Waals surface area contributed by atoms with Crippen molar-refractivity contribution in [3.8, 4) is 0 Å². The predicted octanol–water partition coefficient (Wildman–Crippen LogP) is 2.00. The summed E-state index contributed by atoms with van der Waals surface area (Å²) in [4.78, 5) is 0.581. The molecule has 1 nitrogen and oxygen atoms in total. The Balaban J connectivity index is 2.25. The van der Waals surface area contributed by atoms with Gasteiger partial charge in [-0.25, -0.2) is 0 Å². The Labute approximate surface area is 83.9 Å². The smallest absolute Gasteiger partial charge is 0.0771 e. The van der Waals surface area contributed by atoms with Crippen LogP contribution in [0.5, 0.6) is 0 Å². The number of nitrogens with two attached hydrogens (primary N) is 1. The van der Waals surface area contributed by atoms with Gasteiger partial charge in [-0.15, -0.1) is 0 Å². The van der Waals surface area contributed by atoms with Crippen molar-refractivity contribution in [2.24, 2.45) is 5.73 Å². The first kappa shape index (κ1) is 8.70. The molecule has 2 rings (SSSR count). The van der Waals surface area contributed by atoms with E-state index in [9.17, 15) is 0 Å². The first-order valence-corrected chi connectivity index (χ1v) is 5.05. The number of hydrogen-bond donors (Lipinski definition) is 1. The summed E-state index contributed by atoms with van der Waals surface area (Å²) in [5.74, 6) is 0. The normalized spacial score (nSPS) is 14.2. The van der Waals surface area contributed by atoms with E-state index in [4.69, 9.17) is 18.0 Å². The molecule has 2 N–H and O–H groups in total. The minimum absolute atomic E-state index is 0.581. The second kappa shape index (κ2) is 3.46. The van der Waals surface area contributed by atoms with Gasteiger partial charge in [-0.1, -0.05) is 30.4 Å². The van der Waals surface area contributed by atoms with Crippen molar-refractivity contribution in [1.82, 2.24) is 0 Å². The third-order valence-corrected chi connectivity index (χ3v) is 2.69. The molecule has 0 saturated heterocycles. The zero-order valence-corrected chi connectivity index (χ0v) is 8.36. The highest BCUT2D eigenvalue weighted by Gasteiger charge is 2.10. The lowest BCUT2D eigenvalue weighted by Crippen LogP contribution is -2.11. The van der Waals surface area contributed by atoms with Crippen molar-refractivity contribution < 1.29 is 0 Å². The van der Waals surface area contributed by atoms with Crippen LogP contribution < -0.4 is 5.73 Å². The molecular formula is C11H13NS. The molecule has 1 aromatic carbocycles. The molecule has 0 atom stereocenters. The number of rotatable bonds is 2. The Bertz CT molecular complexity index is 344. The van der Waals surface area contributed by atoms with Crippen molar-refractivity contribution >= 4 is 17.2 Å². The van der Waals surface area contributed by atoms with E-state index in [1.807, 2.05) is 0 Å². The molecule has 1 aromatic rings. The zero-order chi connectivity index (χ0) is 9.26. The first-order chi connectivity index (χ1) is 6.25. The van der Waals surface area contributed by atoms with Crippen LogP contribution in [0.25, 0.3) is 0 Å². The minimum Gasteiger partial charge on any atom is -0.393 e. The molecule has 0 bridgehead atoms. The van der Waals surface area contributed by atoms with Gasteiger partial charge >= 0.3 is 0 Å². The van der Waals surface area contributed by atoms with Crippen LogP contribution in [0.2, 0.25) is 0 Å². The summed E-state index contributed by atoms with van der Waals surface area (Å²) >= 11 is 4.88. The van der Waals surface area contributed by atoms with E-state index in [1.165, 1.54) is 36.0 Å². The van der Waals surface area contributed by atoms with Crippen molar-refractivity contribution in [3.63, 3.8) is 0 Å². The molecule has 0 unspecified atom stereocenters. The lowest BCUT2D eigenvalue weighted by molar-refractivity contribution is 0.911. The maximum absolute atomic E-state index is 5.50. The topological polar surface area (TPSA) is 26.0 Å². The monoisotopic (exact) mass is 191 g/mol. The van der Waals surface area contributed by atoms with Gasteiger partial charge in [-0.2, -0.15) is 0 Å². The Hall–Kier alpha value is -0.890. The van der Waals surface area contributed by atoms with Gasteiger partial charge in [0.15, 0.2) is 0 Å². The van der Waals surface area contributed by atoms with E-state index >= 15 is 0 Å². The SMILES string of the molecule is NC(=S)Cc1ccc2c(c1)CCC2. The molecule has 0 spiro atoms. The van der Waals surface area contributed by atoms with Gasteiger partial charge in [0.2, 0.25) is 0 Å². The van der Waals surface area contributed by atoms with Crippen LogP contribution in [0.15, 0.2) is 18.2 Å². The molecule has 1 aliphatic carbocycles. The highest BCUT2D eigenvalue weighted by Crippen LogP contribution is 2.22. The number of benzene rings is 1. The van der Waals surface area contributed by atoms with Gasteiger partial charge in [-0.05, 0) is 36.0 Å². The van der Waals surface area contributed by atoms with Crippen molar-refractivity contribution in [1.29, 1.82) is 0 Å². The van der Waals surface area contributed by atoms with Crippen LogP contribution in [0.4, 0.5) is 0 Å². The Kier molecular flexibility index (Phi) is 2.32. The number of aryl methyl sites for hydroxylation is 2. The first-order valence-electron chi connectivity index (χ1n) is 4.65. The maximum atomic E-state index is 5.50. The zero-order valence-electron chi connectivity index (χ0n) is 7.55. The molecular weight excluding hydrogens is 178 g/mol. The largest absolute Gasteiger partial charge is 0.393 e. The predicted molar refractivity (Wildman–Crippen MR) is 59.0 cm³/mol. The van der Waals surface area contributed by atoms with Crippen LogP contribution >= 0.6 is 12.2 Å². The van der Waals surface area contributed by atoms with E-state index < -0.39 is 0 Å². The van der Waals surface area contributed by atoms with Gasteiger partial charge in [0.1, 0.15) is 0 Å². The lowest BCUT2D eigenvalue weighted by Gasteiger charge is -2.03. The van der Waals surface area contributed by atoms with Gasteiger partial charge in [0.05, 0.1) is 4.99 Å². The van der Waals surface area contributed by atoms with E-state index in [2.05, 4.69) is 18.2 Å². The molecule has 68 valence electrons. The quantitative estimate of drug-likeness (QED) is 0.724. The van der Waals surface area contributed by atoms with E-state index in [0.717, 1.165) is 6.42 Å². The van der Waals surface area contributed by atoms with Gasteiger partial charge in [0.25, 0.3) is 0 Å². The lowest BCUT2D eigenvalue weighted by atomic mass is 10.0. The summed E-state index contributed by atoms with van der Waals surface area (Å²) in [6.45, 7) is 0. The van der Waals surface area contributed by atoms with Crippen LogP contribution in [0.1, 0.15) is 23.1 Å². The van der Waals surface area contributed by atoms with Gasteiger partial charge < -0.3 is 5.73 Å². The Morgan fingerprint density at radius 3 is 2.85 bits per heavy atom. The molecule has 0 saturated carbocycles. The molecule has 0 fully saturated rings. The summed E-state index contributed by atoms with van der Waals surface area (Å²) < 4.78 is 0. The number of fused-ring (bicyclic) bond motifs is 1. The second-order valence-corrected chi connectivity index (χ2v) is 4.12. The van der Waals surface area contributed by atoms with E-state index in [0.29, 0.717) is 4.99 Å². The summed E-state index contributed by atoms with van der Waals surface area (Å²) in [5, 5.41) is 0. The average Bonchev–Trinajstić information content (AvgIpc) is 2.49. The second-order valence-electron chi connectivity index (χ2n) is 3.60. The molecule has 0 amide bonds. The van der Waals surface area contributed by atoms with Crippen LogP contribution in [0.3, 0.4) is 0 Å². The molecule has 0 heterocycles. The third-order valence-electron chi connectivity index (χ3n) is 2.54. The molecule has 1 aliphatic rings. The third kappa shape index (κ3) is 1.89. The van der Waals surface area contributed by atoms with Crippen LogP contribution in [-0.2, 0) is 19.3 Å². The molecule has 0 radical (unpaired) electrons. The fourth-order valence-corrected chi connectivity index (χ4v) is 2.10. The van der Waals surface area contributed by atoms with E-state index in [-0.39, 0.29) is 0 Å². The molecule has 0 aromatic heterocycles. The van der Waals surface area contributed by atoms with Crippen molar-refractivity contribution in [2.45, 2.75) is 25.7 Å². The summed E-state index contributed by atoms with van der Waals surface area (Å²) in [6, 6.07) is 6.61. The Morgan fingerprint density at radius 1 is 1.31 bits per heavy atom. The van der Waals surface area contributed by atoms with Crippen molar-refractivity contribution in [3.05, 3.63) is 34.9 Å². The number of hydrogen-bond acceptors (Lipinski definition) is 1. The summed E-state index contributed by atoms with van der Waals surface area (Å²) in [5.41, 5.74) is 9.76. The van der Waals surface area contributed by atoms with Gasteiger partial charge in [0, 0.05) is 6.42 Å². The molecule has 2 heteroatoms. The fraction of sp³-hybridized carbons (Fsp3) is 0.364. The average molecular weight is 191 g/mol. The maximum Gasteiger partial charge on any atom is 0.0771 e. The number of thiocarbonyl (C=S) groups is 1. The van der Waals surface area contributed by atoms with Crippen LogP contribution in [-0.4, -0.2) is 4.99 Å². The molecule has 0 aliphatic heterocycles. The fourth-order valence-electron chi connectivity index (χ4n) is 1.94. The minimum atomic E-state index is 0.581. The Morgan fingerprint density at radius 2 is 2.08 bits per heavy atom. The molecule has 13 heavy (non-hydrogen) atoms. The summed E-state index contributed by atoms with van der Waals surface area (Å²) in [7, 11) is 0. The standard InChI is InChI=1S/C11H13NS/c12-11(13)7-8-4-5-9-2-1-3-10(9)6-8/h4-6H,1-3,7H2,(H2,12,13). The van der Waals surface area contributed by atoms with Crippen molar-refractivity contribution in [2.75, 3.05) is 0 Å². The highest BCUT2D eigenvalue weighted by atomic mass is 32.1. The van der Waals surface area contributed by atoms with Crippen LogP contribution in [0, 0.1) is 0 Å². The van der Waals surface area contributed by atoms with Gasteiger partial charge in [-0.3, -0.25) is 0 Å². The van der Waals surface area contributed by atoms with E-state index in [1.54, 1.807) is 0 Å². The summed E-state index contributed by atoms with van der Waals surface area (Å²) in [6.07, 6.45) is 4.50. The highest BCUT2D eigenvalue weighted by molar-refractivity contribution is 7.80.